The predicted molar refractivity (Wildman–Crippen MR) is 133 cm³/mol. The number of halogens is 5. The Bertz CT molecular complexity index is 985. The second-order valence-corrected chi connectivity index (χ2v) is 10.2. The first-order valence-electron chi connectivity index (χ1n) is 12.4. The van der Waals surface area contributed by atoms with Crippen molar-refractivity contribution in [3.8, 4) is 0 Å². The summed E-state index contributed by atoms with van der Waals surface area (Å²) in [5.41, 5.74) is 1.36. The Labute approximate surface area is 211 Å². The summed E-state index contributed by atoms with van der Waals surface area (Å²) in [7, 11) is 0. The van der Waals surface area contributed by atoms with Crippen molar-refractivity contribution in [1.82, 2.24) is 5.32 Å². The summed E-state index contributed by atoms with van der Waals surface area (Å²) >= 11 is 0. The van der Waals surface area contributed by atoms with Crippen molar-refractivity contribution in [2.75, 3.05) is 13.1 Å². The summed E-state index contributed by atoms with van der Waals surface area (Å²) in [5, 5.41) is 3.33. The van der Waals surface area contributed by atoms with E-state index in [1.165, 1.54) is 11.6 Å². The summed E-state index contributed by atoms with van der Waals surface area (Å²) in [6.45, 7) is 3.90. The van der Waals surface area contributed by atoms with Crippen molar-refractivity contribution in [2.45, 2.75) is 69.9 Å². The van der Waals surface area contributed by atoms with Crippen LogP contribution < -0.4 is 5.32 Å². The number of benzene rings is 2. The molecule has 2 aromatic rings. The van der Waals surface area contributed by atoms with Crippen LogP contribution in [0, 0.1) is 17.7 Å². The summed E-state index contributed by atoms with van der Waals surface area (Å²) in [4.78, 5) is 12.6. The molecule has 0 spiro atoms. The minimum atomic E-state index is -4.68. The molecule has 3 atom stereocenters. The topological polar surface area (TPSA) is 29.1 Å². The number of Topliss-reactive ketones (excluding diaryl/α,β-unsaturated/α-hetero) is 1. The fourth-order valence-electron chi connectivity index (χ4n) is 5.70. The molecule has 192 valence electrons. The van der Waals surface area contributed by atoms with E-state index >= 15 is 0 Å². The molecule has 0 amide bonds. The Kier molecular flexibility index (Phi) is 9.39. The third kappa shape index (κ3) is 7.07. The highest BCUT2D eigenvalue weighted by atomic mass is 35.5. The van der Waals surface area contributed by atoms with Gasteiger partial charge in [-0.05, 0) is 98.5 Å². The Hall–Kier alpha value is -1.92. The van der Waals surface area contributed by atoms with Crippen molar-refractivity contribution < 1.29 is 22.4 Å². The second kappa shape index (κ2) is 11.9. The quantitative estimate of drug-likeness (QED) is 0.302. The average molecular weight is 512 g/mol. The molecule has 2 fully saturated rings. The largest absolute Gasteiger partial charge is 0.419 e. The molecule has 1 aliphatic heterocycles. The lowest BCUT2D eigenvalue weighted by Crippen LogP contribution is -2.28. The molecular formula is C28H34ClF4NO. The first-order chi connectivity index (χ1) is 16.2. The smallest absolute Gasteiger partial charge is 0.317 e. The van der Waals surface area contributed by atoms with Gasteiger partial charge in [0.2, 0.25) is 0 Å². The minimum Gasteiger partial charge on any atom is -0.317 e. The van der Waals surface area contributed by atoms with E-state index in [-0.39, 0.29) is 24.1 Å². The first kappa shape index (κ1) is 27.7. The Morgan fingerprint density at radius 2 is 1.69 bits per heavy atom. The zero-order valence-corrected chi connectivity index (χ0v) is 20.9. The van der Waals surface area contributed by atoms with Crippen molar-refractivity contribution in [3.05, 3.63) is 70.5 Å². The number of hydrogen-bond acceptors (Lipinski definition) is 2. The highest BCUT2D eigenvalue weighted by Gasteiger charge is 2.35. The van der Waals surface area contributed by atoms with E-state index in [1.807, 2.05) is 19.1 Å². The number of carbonyl (C=O) groups is 1. The minimum absolute atomic E-state index is 0. The van der Waals surface area contributed by atoms with Crippen molar-refractivity contribution in [2.24, 2.45) is 11.8 Å². The van der Waals surface area contributed by atoms with E-state index in [0.717, 1.165) is 69.3 Å². The molecule has 2 aromatic carbocycles. The van der Waals surface area contributed by atoms with Gasteiger partial charge in [0.25, 0.3) is 0 Å². The Morgan fingerprint density at radius 3 is 2.34 bits per heavy atom. The van der Waals surface area contributed by atoms with E-state index in [2.05, 4.69) is 17.4 Å². The molecule has 2 aliphatic rings. The SMILES string of the molecule is C[C@@H](CC1CC[C@H](c2ccc(C(=O)CC3CCNCC3)cc2)C1)c1ccc(F)c(C(F)(F)F)c1.Cl. The standard InChI is InChI=1S/C28H33F4NO.ClH/c1-18(23-8-9-26(29)25(17-23)28(30,31)32)14-20-2-3-24(15-20)21-4-6-22(7-5-21)27(34)16-19-10-12-33-13-11-19;/h4-9,17-20,24,33H,2-3,10-16H2,1H3;1H/t18-,20?,24-;/m0./s1. The predicted octanol–water partition coefficient (Wildman–Crippen LogP) is 7.92. The van der Waals surface area contributed by atoms with Gasteiger partial charge in [0.15, 0.2) is 5.78 Å². The van der Waals surface area contributed by atoms with Gasteiger partial charge in [0.05, 0.1) is 5.56 Å². The number of ketones is 1. The van der Waals surface area contributed by atoms with Crippen LogP contribution in [0.1, 0.15) is 90.8 Å². The summed E-state index contributed by atoms with van der Waals surface area (Å²) in [5.74, 6) is 0.223. The van der Waals surface area contributed by atoms with Crippen LogP contribution in [0.15, 0.2) is 42.5 Å². The number of hydrogen-bond donors (Lipinski definition) is 1. The number of piperidine rings is 1. The molecule has 1 heterocycles. The molecular weight excluding hydrogens is 478 g/mol. The molecule has 4 rings (SSSR count). The molecule has 0 aromatic heterocycles. The normalized spacial score (nSPS) is 22.0. The van der Waals surface area contributed by atoms with Gasteiger partial charge in [-0.3, -0.25) is 4.79 Å². The fourth-order valence-corrected chi connectivity index (χ4v) is 5.70. The van der Waals surface area contributed by atoms with Crippen LogP contribution in [0.5, 0.6) is 0 Å². The zero-order chi connectivity index (χ0) is 24.3. The van der Waals surface area contributed by atoms with Crippen LogP contribution in [0.25, 0.3) is 0 Å². The lowest BCUT2D eigenvalue weighted by molar-refractivity contribution is -0.140. The molecule has 1 saturated heterocycles. The number of rotatable bonds is 7. The molecule has 1 unspecified atom stereocenters. The molecule has 1 saturated carbocycles. The molecule has 1 aliphatic carbocycles. The Morgan fingerprint density at radius 1 is 1.00 bits per heavy atom. The van der Waals surface area contributed by atoms with E-state index in [1.54, 1.807) is 0 Å². The first-order valence-corrected chi connectivity index (χ1v) is 12.4. The van der Waals surface area contributed by atoms with Crippen molar-refractivity contribution in [3.63, 3.8) is 0 Å². The fraction of sp³-hybridized carbons (Fsp3) is 0.536. The monoisotopic (exact) mass is 511 g/mol. The Balaban J connectivity index is 0.00000342. The molecule has 35 heavy (non-hydrogen) atoms. The van der Waals surface area contributed by atoms with Crippen LogP contribution in [0.4, 0.5) is 17.6 Å². The van der Waals surface area contributed by atoms with Crippen molar-refractivity contribution >= 4 is 18.2 Å². The number of carbonyl (C=O) groups excluding carboxylic acids is 1. The van der Waals surface area contributed by atoms with Crippen LogP contribution in [0.3, 0.4) is 0 Å². The van der Waals surface area contributed by atoms with Gasteiger partial charge in [0.1, 0.15) is 5.82 Å². The third-order valence-corrected chi connectivity index (χ3v) is 7.73. The van der Waals surface area contributed by atoms with E-state index < -0.39 is 17.6 Å². The maximum absolute atomic E-state index is 13.6. The van der Waals surface area contributed by atoms with E-state index in [9.17, 15) is 22.4 Å². The van der Waals surface area contributed by atoms with Crippen LogP contribution in [-0.4, -0.2) is 18.9 Å². The van der Waals surface area contributed by atoms with Gasteiger partial charge in [-0.2, -0.15) is 13.2 Å². The van der Waals surface area contributed by atoms with Gasteiger partial charge >= 0.3 is 6.18 Å². The maximum Gasteiger partial charge on any atom is 0.419 e. The summed E-state index contributed by atoms with van der Waals surface area (Å²) < 4.78 is 52.8. The van der Waals surface area contributed by atoms with Gasteiger partial charge in [-0.25, -0.2) is 4.39 Å². The van der Waals surface area contributed by atoms with Crippen molar-refractivity contribution in [1.29, 1.82) is 0 Å². The highest BCUT2D eigenvalue weighted by molar-refractivity contribution is 5.96. The van der Waals surface area contributed by atoms with E-state index in [0.29, 0.717) is 29.7 Å². The summed E-state index contributed by atoms with van der Waals surface area (Å²) in [6, 6.07) is 11.4. The molecule has 7 heteroatoms. The molecule has 0 radical (unpaired) electrons. The number of alkyl halides is 3. The second-order valence-electron chi connectivity index (χ2n) is 10.2. The van der Waals surface area contributed by atoms with Crippen LogP contribution >= 0.6 is 12.4 Å². The number of nitrogens with one attached hydrogen (secondary N) is 1. The summed E-state index contributed by atoms with van der Waals surface area (Å²) in [6.07, 6.45) is 1.88. The lowest BCUT2D eigenvalue weighted by atomic mass is 9.87. The maximum atomic E-state index is 13.6. The van der Waals surface area contributed by atoms with Crippen LogP contribution in [0.2, 0.25) is 0 Å². The third-order valence-electron chi connectivity index (χ3n) is 7.73. The van der Waals surface area contributed by atoms with E-state index in [4.69, 9.17) is 0 Å². The van der Waals surface area contributed by atoms with Gasteiger partial charge in [0, 0.05) is 12.0 Å². The molecule has 0 bridgehead atoms. The molecule has 1 N–H and O–H groups in total. The zero-order valence-electron chi connectivity index (χ0n) is 20.0. The van der Waals surface area contributed by atoms with Crippen LogP contribution in [-0.2, 0) is 6.18 Å². The molecule has 2 nitrogen and oxygen atoms in total. The van der Waals surface area contributed by atoms with Gasteiger partial charge in [-0.15, -0.1) is 12.4 Å². The lowest BCUT2D eigenvalue weighted by Gasteiger charge is -2.21. The highest BCUT2D eigenvalue weighted by Crippen LogP contribution is 2.43. The van der Waals surface area contributed by atoms with Gasteiger partial charge in [-0.1, -0.05) is 37.3 Å². The average Bonchev–Trinajstić information content (AvgIpc) is 3.27. The van der Waals surface area contributed by atoms with Gasteiger partial charge < -0.3 is 5.32 Å².